The molecule has 1 aliphatic heterocycles. The third kappa shape index (κ3) is 3.49. The van der Waals surface area contributed by atoms with Gasteiger partial charge in [0, 0.05) is 24.8 Å². The summed E-state index contributed by atoms with van der Waals surface area (Å²) in [5.41, 5.74) is 7.97. The lowest BCUT2D eigenvalue weighted by molar-refractivity contribution is 0.485. The van der Waals surface area contributed by atoms with Gasteiger partial charge in [0.2, 0.25) is 5.95 Å². The highest BCUT2D eigenvalue weighted by Gasteiger charge is 2.18. The van der Waals surface area contributed by atoms with Crippen LogP contribution in [0, 0.1) is 5.92 Å². The van der Waals surface area contributed by atoms with Gasteiger partial charge in [0.05, 0.1) is 5.69 Å². The quantitative estimate of drug-likeness (QED) is 0.791. The molecule has 0 bridgehead atoms. The highest BCUT2D eigenvalue weighted by molar-refractivity contribution is 5.86. The van der Waals surface area contributed by atoms with E-state index in [9.17, 15) is 0 Å². The maximum absolute atomic E-state index is 5.85. The maximum atomic E-state index is 5.85. The number of hydrogen-bond donors (Lipinski definition) is 1. The first-order valence-electron chi connectivity index (χ1n) is 9.11. The summed E-state index contributed by atoms with van der Waals surface area (Å²) < 4.78 is 0. The number of fused-ring (bicyclic) bond motifs is 1. The van der Waals surface area contributed by atoms with Gasteiger partial charge in [-0.3, -0.25) is 0 Å². The predicted molar refractivity (Wildman–Crippen MR) is 104 cm³/mol. The van der Waals surface area contributed by atoms with E-state index in [1.165, 1.54) is 17.2 Å². The molecule has 1 aliphatic rings. The highest BCUT2D eigenvalue weighted by atomic mass is 15.2. The van der Waals surface area contributed by atoms with Gasteiger partial charge in [0.1, 0.15) is 0 Å². The molecule has 1 unspecified atom stereocenters. The number of nitrogens with two attached hydrogens (primary N) is 1. The molecule has 3 aromatic rings. The van der Waals surface area contributed by atoms with Crippen molar-refractivity contribution in [1.29, 1.82) is 0 Å². The SMILES string of the molecule is NCC1CCCN(c2nccc(-c3ccc4ccccc4c3)n2)CC1. The van der Waals surface area contributed by atoms with Crippen LogP contribution >= 0.6 is 0 Å². The molecule has 1 saturated heterocycles. The van der Waals surface area contributed by atoms with E-state index in [2.05, 4.69) is 52.3 Å². The third-order valence-electron chi connectivity index (χ3n) is 5.15. The fourth-order valence-corrected chi connectivity index (χ4v) is 3.61. The van der Waals surface area contributed by atoms with Gasteiger partial charge < -0.3 is 10.6 Å². The van der Waals surface area contributed by atoms with E-state index in [0.29, 0.717) is 5.92 Å². The minimum Gasteiger partial charge on any atom is -0.341 e. The van der Waals surface area contributed by atoms with E-state index in [-0.39, 0.29) is 0 Å². The van der Waals surface area contributed by atoms with E-state index in [0.717, 1.165) is 49.7 Å². The van der Waals surface area contributed by atoms with Crippen LogP contribution in [0.2, 0.25) is 0 Å². The molecule has 4 rings (SSSR count). The summed E-state index contributed by atoms with van der Waals surface area (Å²) in [6.07, 6.45) is 5.36. The number of benzene rings is 2. The molecule has 1 aromatic heterocycles. The van der Waals surface area contributed by atoms with Crippen molar-refractivity contribution in [3.63, 3.8) is 0 Å². The van der Waals surface area contributed by atoms with Gasteiger partial charge in [-0.05, 0) is 54.6 Å². The lowest BCUT2D eigenvalue weighted by atomic mass is 10.0. The van der Waals surface area contributed by atoms with Crippen molar-refractivity contribution < 1.29 is 0 Å². The summed E-state index contributed by atoms with van der Waals surface area (Å²) >= 11 is 0. The summed E-state index contributed by atoms with van der Waals surface area (Å²) in [7, 11) is 0. The molecule has 128 valence electrons. The lowest BCUT2D eigenvalue weighted by Crippen LogP contribution is -2.26. The zero-order valence-corrected chi connectivity index (χ0v) is 14.4. The fourth-order valence-electron chi connectivity index (χ4n) is 3.61. The van der Waals surface area contributed by atoms with Gasteiger partial charge in [-0.2, -0.15) is 0 Å². The summed E-state index contributed by atoms with van der Waals surface area (Å²) in [6.45, 7) is 2.78. The second-order valence-electron chi connectivity index (χ2n) is 6.82. The molecule has 0 saturated carbocycles. The zero-order chi connectivity index (χ0) is 17.1. The van der Waals surface area contributed by atoms with Gasteiger partial charge in [0.15, 0.2) is 0 Å². The Morgan fingerprint density at radius 1 is 1.00 bits per heavy atom. The van der Waals surface area contributed by atoms with Crippen LogP contribution in [-0.4, -0.2) is 29.6 Å². The Morgan fingerprint density at radius 3 is 2.76 bits per heavy atom. The Balaban J connectivity index is 1.62. The Kier molecular flexibility index (Phi) is 4.61. The predicted octanol–water partition coefficient (Wildman–Crippen LogP) is 3.86. The Hall–Kier alpha value is -2.46. The second kappa shape index (κ2) is 7.19. The molecular formula is C21H24N4. The number of aromatic nitrogens is 2. The molecule has 0 amide bonds. The van der Waals surface area contributed by atoms with Gasteiger partial charge in [-0.1, -0.05) is 36.4 Å². The van der Waals surface area contributed by atoms with Crippen LogP contribution in [0.5, 0.6) is 0 Å². The third-order valence-corrected chi connectivity index (χ3v) is 5.15. The molecule has 1 fully saturated rings. The first-order chi connectivity index (χ1) is 12.3. The molecular weight excluding hydrogens is 308 g/mol. The molecule has 0 spiro atoms. The molecule has 0 aliphatic carbocycles. The van der Waals surface area contributed by atoms with Crippen LogP contribution in [0.1, 0.15) is 19.3 Å². The van der Waals surface area contributed by atoms with Gasteiger partial charge >= 0.3 is 0 Å². The number of anilines is 1. The minimum absolute atomic E-state index is 0.633. The van der Waals surface area contributed by atoms with Crippen LogP contribution in [0.15, 0.2) is 54.7 Å². The first kappa shape index (κ1) is 16.0. The van der Waals surface area contributed by atoms with Crippen molar-refractivity contribution in [2.45, 2.75) is 19.3 Å². The smallest absolute Gasteiger partial charge is 0.225 e. The van der Waals surface area contributed by atoms with Gasteiger partial charge in [-0.15, -0.1) is 0 Å². The maximum Gasteiger partial charge on any atom is 0.225 e. The largest absolute Gasteiger partial charge is 0.341 e. The normalized spacial score (nSPS) is 18.3. The van der Waals surface area contributed by atoms with Crippen LogP contribution in [-0.2, 0) is 0 Å². The van der Waals surface area contributed by atoms with E-state index < -0.39 is 0 Å². The van der Waals surface area contributed by atoms with Gasteiger partial charge in [-0.25, -0.2) is 9.97 Å². The van der Waals surface area contributed by atoms with Crippen molar-refractivity contribution in [3.8, 4) is 11.3 Å². The van der Waals surface area contributed by atoms with Crippen molar-refractivity contribution in [2.75, 3.05) is 24.5 Å². The Labute approximate surface area is 148 Å². The summed E-state index contributed by atoms with van der Waals surface area (Å²) in [6, 6.07) is 16.9. The van der Waals surface area contributed by atoms with E-state index >= 15 is 0 Å². The van der Waals surface area contributed by atoms with Crippen molar-refractivity contribution in [1.82, 2.24) is 9.97 Å². The molecule has 2 heterocycles. The molecule has 0 radical (unpaired) electrons. The summed E-state index contributed by atoms with van der Waals surface area (Å²) in [4.78, 5) is 11.7. The molecule has 2 N–H and O–H groups in total. The van der Waals surface area contributed by atoms with Crippen LogP contribution < -0.4 is 10.6 Å². The molecule has 2 aromatic carbocycles. The van der Waals surface area contributed by atoms with E-state index in [1.54, 1.807) is 0 Å². The van der Waals surface area contributed by atoms with Crippen molar-refractivity contribution >= 4 is 16.7 Å². The number of rotatable bonds is 3. The Bertz CT molecular complexity index is 861. The average Bonchev–Trinajstić information content (AvgIpc) is 2.93. The second-order valence-corrected chi connectivity index (χ2v) is 6.82. The van der Waals surface area contributed by atoms with Crippen LogP contribution in [0.4, 0.5) is 5.95 Å². The van der Waals surface area contributed by atoms with E-state index in [4.69, 9.17) is 10.7 Å². The van der Waals surface area contributed by atoms with Crippen molar-refractivity contribution in [3.05, 3.63) is 54.7 Å². The van der Waals surface area contributed by atoms with Gasteiger partial charge in [0.25, 0.3) is 0 Å². The first-order valence-corrected chi connectivity index (χ1v) is 9.11. The molecule has 1 atom stereocenters. The summed E-state index contributed by atoms with van der Waals surface area (Å²) in [5.74, 6) is 1.47. The summed E-state index contributed by atoms with van der Waals surface area (Å²) in [5, 5.41) is 2.49. The zero-order valence-electron chi connectivity index (χ0n) is 14.4. The van der Waals surface area contributed by atoms with E-state index in [1.807, 2.05) is 12.3 Å². The number of nitrogens with zero attached hydrogens (tertiary/aromatic N) is 3. The Morgan fingerprint density at radius 2 is 1.88 bits per heavy atom. The molecule has 4 heteroatoms. The van der Waals surface area contributed by atoms with Crippen molar-refractivity contribution in [2.24, 2.45) is 11.7 Å². The average molecular weight is 332 g/mol. The standard InChI is InChI=1S/C21H24N4/c22-15-16-4-3-12-25(13-10-16)21-23-11-9-20(24-21)19-8-7-17-5-1-2-6-18(17)14-19/h1-2,5-9,11,14,16H,3-4,10,12-13,15,22H2. The minimum atomic E-state index is 0.633. The molecule has 25 heavy (non-hydrogen) atoms. The number of hydrogen-bond acceptors (Lipinski definition) is 4. The van der Waals surface area contributed by atoms with Crippen LogP contribution in [0.3, 0.4) is 0 Å². The fraction of sp³-hybridized carbons (Fsp3) is 0.333. The van der Waals surface area contributed by atoms with Crippen LogP contribution in [0.25, 0.3) is 22.0 Å². The topological polar surface area (TPSA) is 55.0 Å². The molecule has 4 nitrogen and oxygen atoms in total. The lowest BCUT2D eigenvalue weighted by Gasteiger charge is -2.20. The monoisotopic (exact) mass is 332 g/mol. The highest BCUT2D eigenvalue weighted by Crippen LogP contribution is 2.25.